The van der Waals surface area contributed by atoms with Crippen LogP contribution in [0.3, 0.4) is 0 Å². The van der Waals surface area contributed by atoms with Gasteiger partial charge in [-0.05, 0) is 33.2 Å². The Morgan fingerprint density at radius 1 is 1.00 bits per heavy atom. The Bertz CT molecular complexity index is 210. The van der Waals surface area contributed by atoms with Crippen molar-refractivity contribution in [1.29, 1.82) is 10.5 Å². The molecule has 0 bridgehead atoms. The van der Waals surface area contributed by atoms with Crippen molar-refractivity contribution in [3.63, 3.8) is 0 Å². The number of nitrogens with zero attached hydrogens (tertiary/aromatic N) is 3. The second-order valence-corrected chi connectivity index (χ2v) is 3.65. The third-order valence-electron chi connectivity index (χ3n) is 2.23. The maximum Gasteiger partial charge on any atom is 0.0635 e. The predicted octanol–water partition coefficient (Wildman–Crippen LogP) is 2.30. The first-order chi connectivity index (χ1) is 6.72. The van der Waals surface area contributed by atoms with Crippen LogP contribution in [0.5, 0.6) is 0 Å². The van der Waals surface area contributed by atoms with Crippen LogP contribution in [0.15, 0.2) is 0 Å². The summed E-state index contributed by atoms with van der Waals surface area (Å²) in [6.45, 7) is 6.13. The molecule has 0 fully saturated rings. The van der Waals surface area contributed by atoms with Gasteiger partial charge in [-0.2, -0.15) is 10.5 Å². The standard InChI is InChI=1S/C11H19N3/c1-11(2)14(10-6-8-13)9-5-3-4-7-12/h11H,3-6,9-10H2,1-2H3. The lowest BCUT2D eigenvalue weighted by Gasteiger charge is -2.25. The summed E-state index contributed by atoms with van der Waals surface area (Å²) in [6.07, 6.45) is 3.25. The molecule has 0 unspecified atom stereocenters. The van der Waals surface area contributed by atoms with Crippen LogP contribution in [0.4, 0.5) is 0 Å². The zero-order valence-corrected chi connectivity index (χ0v) is 9.16. The predicted molar refractivity (Wildman–Crippen MR) is 56.4 cm³/mol. The molecule has 0 aromatic heterocycles. The molecule has 14 heavy (non-hydrogen) atoms. The summed E-state index contributed by atoms with van der Waals surface area (Å²) in [5, 5.41) is 16.9. The summed E-state index contributed by atoms with van der Waals surface area (Å²) in [7, 11) is 0. The number of unbranched alkanes of at least 4 members (excludes halogenated alkanes) is 2. The van der Waals surface area contributed by atoms with Crippen LogP contribution in [0.25, 0.3) is 0 Å². The van der Waals surface area contributed by atoms with Gasteiger partial charge in [0.2, 0.25) is 0 Å². The van der Waals surface area contributed by atoms with Crippen LogP contribution < -0.4 is 0 Å². The van der Waals surface area contributed by atoms with E-state index in [-0.39, 0.29) is 0 Å². The smallest absolute Gasteiger partial charge is 0.0635 e. The van der Waals surface area contributed by atoms with E-state index in [1.54, 1.807) is 0 Å². The Hall–Kier alpha value is -1.06. The molecule has 0 amide bonds. The molecule has 3 nitrogen and oxygen atoms in total. The van der Waals surface area contributed by atoms with E-state index in [9.17, 15) is 0 Å². The Balaban J connectivity index is 3.64. The van der Waals surface area contributed by atoms with Gasteiger partial charge in [0.15, 0.2) is 0 Å². The number of nitriles is 2. The van der Waals surface area contributed by atoms with E-state index in [2.05, 4.69) is 30.9 Å². The van der Waals surface area contributed by atoms with Crippen LogP contribution in [0.2, 0.25) is 0 Å². The quantitative estimate of drug-likeness (QED) is 0.583. The van der Waals surface area contributed by atoms with Crippen molar-refractivity contribution in [2.45, 2.75) is 45.6 Å². The monoisotopic (exact) mass is 193 g/mol. The van der Waals surface area contributed by atoms with Crippen molar-refractivity contribution in [2.24, 2.45) is 0 Å². The molecule has 0 spiro atoms. The Kier molecular flexibility index (Phi) is 7.89. The second kappa shape index (κ2) is 8.53. The molecule has 0 atom stereocenters. The number of hydrogen-bond acceptors (Lipinski definition) is 3. The highest BCUT2D eigenvalue weighted by atomic mass is 15.1. The third kappa shape index (κ3) is 6.46. The fourth-order valence-electron chi connectivity index (χ4n) is 1.34. The molecule has 0 saturated heterocycles. The molecule has 0 N–H and O–H groups in total. The second-order valence-electron chi connectivity index (χ2n) is 3.65. The minimum absolute atomic E-state index is 0.491. The van der Waals surface area contributed by atoms with E-state index in [1.807, 2.05) is 0 Å². The van der Waals surface area contributed by atoms with Crippen LogP contribution >= 0.6 is 0 Å². The molecule has 0 aliphatic rings. The third-order valence-corrected chi connectivity index (χ3v) is 2.23. The molecule has 0 aromatic rings. The van der Waals surface area contributed by atoms with Crippen LogP contribution in [-0.2, 0) is 0 Å². The lowest BCUT2D eigenvalue weighted by Crippen LogP contribution is -2.32. The summed E-state index contributed by atoms with van der Waals surface area (Å²) in [5.74, 6) is 0. The zero-order valence-electron chi connectivity index (χ0n) is 9.16. The molecule has 0 aliphatic carbocycles. The van der Waals surface area contributed by atoms with Gasteiger partial charge in [-0.3, -0.25) is 4.90 Å². The van der Waals surface area contributed by atoms with Crippen molar-refractivity contribution in [2.75, 3.05) is 13.1 Å². The van der Waals surface area contributed by atoms with Crippen molar-refractivity contribution >= 4 is 0 Å². The first kappa shape index (κ1) is 12.9. The van der Waals surface area contributed by atoms with Gasteiger partial charge < -0.3 is 0 Å². The van der Waals surface area contributed by atoms with E-state index >= 15 is 0 Å². The van der Waals surface area contributed by atoms with Gasteiger partial charge in [0.05, 0.1) is 12.1 Å². The first-order valence-electron chi connectivity index (χ1n) is 5.20. The Morgan fingerprint density at radius 3 is 2.14 bits per heavy atom. The number of rotatable bonds is 7. The maximum absolute atomic E-state index is 8.49. The van der Waals surface area contributed by atoms with Crippen molar-refractivity contribution < 1.29 is 0 Å². The summed E-state index contributed by atoms with van der Waals surface area (Å²) in [5.41, 5.74) is 0. The van der Waals surface area contributed by atoms with Gasteiger partial charge in [-0.1, -0.05) is 0 Å². The van der Waals surface area contributed by atoms with E-state index in [0.717, 1.165) is 25.9 Å². The minimum Gasteiger partial charge on any atom is -0.300 e. The van der Waals surface area contributed by atoms with Crippen molar-refractivity contribution in [3.05, 3.63) is 0 Å². The summed E-state index contributed by atoms with van der Waals surface area (Å²) >= 11 is 0. The highest BCUT2D eigenvalue weighted by Gasteiger charge is 2.07. The summed E-state index contributed by atoms with van der Waals surface area (Å²) < 4.78 is 0. The minimum atomic E-state index is 0.491. The van der Waals surface area contributed by atoms with Crippen molar-refractivity contribution in [3.8, 4) is 12.1 Å². The zero-order chi connectivity index (χ0) is 10.8. The van der Waals surface area contributed by atoms with E-state index in [1.165, 1.54) is 0 Å². The van der Waals surface area contributed by atoms with E-state index in [4.69, 9.17) is 10.5 Å². The molecule has 0 heterocycles. The van der Waals surface area contributed by atoms with Crippen molar-refractivity contribution in [1.82, 2.24) is 4.90 Å². The van der Waals surface area contributed by atoms with E-state index < -0.39 is 0 Å². The van der Waals surface area contributed by atoms with Crippen LogP contribution in [-0.4, -0.2) is 24.0 Å². The normalized spacial score (nSPS) is 10.1. The van der Waals surface area contributed by atoms with Gasteiger partial charge in [-0.15, -0.1) is 0 Å². The van der Waals surface area contributed by atoms with Gasteiger partial charge in [0.1, 0.15) is 0 Å². The molecule has 3 heteroatoms. The molecule has 0 aliphatic heterocycles. The molecule has 0 radical (unpaired) electrons. The average Bonchev–Trinajstić information content (AvgIpc) is 2.16. The average molecular weight is 193 g/mol. The molecular weight excluding hydrogens is 174 g/mol. The lowest BCUT2D eigenvalue weighted by molar-refractivity contribution is 0.222. The number of hydrogen-bond donors (Lipinski definition) is 0. The summed E-state index contributed by atoms with van der Waals surface area (Å²) in [4.78, 5) is 2.29. The van der Waals surface area contributed by atoms with Crippen LogP contribution in [0.1, 0.15) is 39.5 Å². The topological polar surface area (TPSA) is 50.8 Å². The molecular formula is C11H19N3. The fraction of sp³-hybridized carbons (Fsp3) is 0.818. The van der Waals surface area contributed by atoms with Gasteiger partial charge in [0.25, 0.3) is 0 Å². The van der Waals surface area contributed by atoms with Gasteiger partial charge in [0, 0.05) is 25.4 Å². The molecule has 0 saturated carbocycles. The highest BCUT2D eigenvalue weighted by molar-refractivity contribution is 4.74. The summed E-state index contributed by atoms with van der Waals surface area (Å²) in [6, 6.07) is 4.79. The Labute approximate surface area is 86.9 Å². The van der Waals surface area contributed by atoms with E-state index in [0.29, 0.717) is 18.9 Å². The fourth-order valence-corrected chi connectivity index (χ4v) is 1.34. The largest absolute Gasteiger partial charge is 0.300 e. The first-order valence-corrected chi connectivity index (χ1v) is 5.20. The Morgan fingerprint density at radius 2 is 1.64 bits per heavy atom. The van der Waals surface area contributed by atoms with Crippen LogP contribution in [0, 0.1) is 22.7 Å². The SMILES string of the molecule is CC(C)N(CCC#N)CCCCC#N. The lowest BCUT2D eigenvalue weighted by atomic mass is 10.2. The molecule has 0 aromatic carbocycles. The maximum atomic E-state index is 8.49. The highest BCUT2D eigenvalue weighted by Crippen LogP contribution is 2.03. The van der Waals surface area contributed by atoms with Gasteiger partial charge >= 0.3 is 0 Å². The molecule has 78 valence electrons. The molecule has 0 rings (SSSR count). The van der Waals surface area contributed by atoms with Gasteiger partial charge in [-0.25, -0.2) is 0 Å².